The Labute approximate surface area is 99.0 Å². The average Bonchev–Trinajstić information content (AvgIpc) is 2.36. The largest absolute Gasteiger partial charge is 0.477 e. The second kappa shape index (κ2) is 5.56. The fraction of sp³-hybridized carbons (Fsp3) is 0.333. The van der Waals surface area contributed by atoms with Crippen LogP contribution in [0.25, 0.3) is 0 Å². The predicted octanol–water partition coefficient (Wildman–Crippen LogP) is 1.33. The number of aliphatic carboxylic acids is 1. The van der Waals surface area contributed by atoms with E-state index < -0.39 is 11.8 Å². The first kappa shape index (κ1) is 13.3. The fourth-order valence-electron chi connectivity index (χ4n) is 1.42. The van der Waals surface area contributed by atoms with Crippen LogP contribution in [0.1, 0.15) is 16.8 Å². The van der Waals surface area contributed by atoms with Crippen molar-refractivity contribution in [3.8, 4) is 0 Å². The van der Waals surface area contributed by atoms with Crippen LogP contribution in [0.3, 0.4) is 0 Å². The third kappa shape index (κ3) is 2.89. The molecule has 0 fully saturated rings. The first-order valence-corrected chi connectivity index (χ1v) is 4.97. The van der Waals surface area contributed by atoms with Crippen molar-refractivity contribution < 1.29 is 24.2 Å². The number of carboxylic acids is 1. The summed E-state index contributed by atoms with van der Waals surface area (Å²) in [5, 5.41) is 9.02. The van der Waals surface area contributed by atoms with Gasteiger partial charge in [0.2, 0.25) is 0 Å². The zero-order chi connectivity index (χ0) is 12.9. The van der Waals surface area contributed by atoms with Crippen molar-refractivity contribution in [2.45, 2.75) is 12.2 Å². The van der Waals surface area contributed by atoms with Gasteiger partial charge in [0.25, 0.3) is 5.79 Å². The van der Waals surface area contributed by atoms with Gasteiger partial charge in [-0.2, -0.15) is 0 Å². The monoisotopic (exact) mass is 238 g/mol. The Balaban J connectivity index is 2.89. The molecule has 1 rings (SSSR count). The van der Waals surface area contributed by atoms with E-state index in [1.807, 2.05) is 0 Å². The summed E-state index contributed by atoms with van der Waals surface area (Å²) in [6.45, 7) is 0. The molecule has 0 heterocycles. The van der Waals surface area contributed by atoms with Gasteiger partial charge in [-0.1, -0.05) is 30.3 Å². The number of hydrogen-bond donors (Lipinski definition) is 1. The summed E-state index contributed by atoms with van der Waals surface area (Å²) >= 11 is 0. The second-order valence-corrected chi connectivity index (χ2v) is 3.43. The van der Waals surface area contributed by atoms with Gasteiger partial charge in [0.1, 0.15) is 0 Å². The molecule has 0 unspecified atom stereocenters. The zero-order valence-corrected chi connectivity index (χ0v) is 9.67. The van der Waals surface area contributed by atoms with Gasteiger partial charge in [-0.05, 0) is 0 Å². The number of carbonyl (C=O) groups is 2. The lowest BCUT2D eigenvalue weighted by molar-refractivity contribution is -0.223. The molecule has 5 nitrogen and oxygen atoms in total. The van der Waals surface area contributed by atoms with Crippen LogP contribution in [0, 0.1) is 0 Å². The number of carbonyl (C=O) groups excluding carboxylic acids is 1. The van der Waals surface area contributed by atoms with E-state index in [0.717, 1.165) is 0 Å². The molecule has 0 amide bonds. The lowest BCUT2D eigenvalue weighted by atomic mass is 10.0. The number of Topliss-reactive ketones (excluding diaryl/α,β-unsaturated/α-hetero) is 1. The van der Waals surface area contributed by atoms with E-state index in [2.05, 4.69) is 0 Å². The smallest absolute Gasteiger partial charge is 0.364 e. The SMILES string of the molecule is COC(CC(=O)c1ccccc1)(OC)C(=O)O. The molecule has 1 aromatic carbocycles. The van der Waals surface area contributed by atoms with Gasteiger partial charge in [0.15, 0.2) is 5.78 Å². The lowest BCUT2D eigenvalue weighted by Gasteiger charge is -2.25. The van der Waals surface area contributed by atoms with E-state index in [-0.39, 0.29) is 12.2 Å². The number of carboxylic acid groups (broad SMARTS) is 1. The number of ketones is 1. The van der Waals surface area contributed by atoms with Crippen LogP contribution >= 0.6 is 0 Å². The quantitative estimate of drug-likeness (QED) is 0.598. The molecule has 0 aliphatic rings. The summed E-state index contributed by atoms with van der Waals surface area (Å²) in [6.07, 6.45) is -0.376. The molecule has 92 valence electrons. The van der Waals surface area contributed by atoms with E-state index >= 15 is 0 Å². The lowest BCUT2D eigenvalue weighted by Crippen LogP contribution is -2.44. The highest BCUT2D eigenvalue weighted by Gasteiger charge is 2.41. The van der Waals surface area contributed by atoms with Gasteiger partial charge < -0.3 is 14.6 Å². The Kier molecular flexibility index (Phi) is 4.37. The first-order valence-electron chi connectivity index (χ1n) is 4.97. The van der Waals surface area contributed by atoms with Crippen molar-refractivity contribution in [1.82, 2.24) is 0 Å². The Morgan fingerprint density at radius 3 is 2.12 bits per heavy atom. The molecule has 0 saturated carbocycles. The van der Waals surface area contributed by atoms with Crippen LogP contribution in [0.4, 0.5) is 0 Å². The molecule has 17 heavy (non-hydrogen) atoms. The van der Waals surface area contributed by atoms with E-state index in [1.165, 1.54) is 14.2 Å². The zero-order valence-electron chi connectivity index (χ0n) is 9.67. The standard InChI is InChI=1S/C12H14O5/c1-16-12(17-2,11(14)15)8-10(13)9-6-4-3-5-7-9/h3-7H,8H2,1-2H3,(H,14,15). The van der Waals surface area contributed by atoms with Crippen LogP contribution < -0.4 is 0 Å². The number of rotatable bonds is 6. The van der Waals surface area contributed by atoms with Gasteiger partial charge in [0, 0.05) is 19.8 Å². The maximum Gasteiger partial charge on any atom is 0.364 e. The molecule has 0 aliphatic heterocycles. The van der Waals surface area contributed by atoms with Crippen molar-refractivity contribution in [2.24, 2.45) is 0 Å². The van der Waals surface area contributed by atoms with Gasteiger partial charge in [-0.15, -0.1) is 0 Å². The van der Waals surface area contributed by atoms with Crippen LogP contribution in [-0.4, -0.2) is 36.9 Å². The Morgan fingerprint density at radius 2 is 1.71 bits per heavy atom. The summed E-state index contributed by atoms with van der Waals surface area (Å²) in [6, 6.07) is 8.40. The molecule has 0 atom stereocenters. The molecule has 0 spiro atoms. The van der Waals surface area contributed by atoms with Gasteiger partial charge >= 0.3 is 5.97 Å². The topological polar surface area (TPSA) is 72.8 Å². The predicted molar refractivity (Wildman–Crippen MR) is 59.8 cm³/mol. The molecule has 0 bridgehead atoms. The molecule has 0 radical (unpaired) electrons. The Hall–Kier alpha value is -1.72. The number of ether oxygens (including phenoxy) is 2. The van der Waals surface area contributed by atoms with E-state index in [1.54, 1.807) is 30.3 Å². The molecule has 0 aromatic heterocycles. The highest BCUT2D eigenvalue weighted by atomic mass is 16.7. The first-order chi connectivity index (χ1) is 8.05. The minimum Gasteiger partial charge on any atom is -0.477 e. The number of hydrogen-bond acceptors (Lipinski definition) is 4. The molecule has 0 saturated heterocycles. The van der Waals surface area contributed by atoms with Crippen molar-refractivity contribution in [1.29, 1.82) is 0 Å². The third-order valence-corrected chi connectivity index (χ3v) is 2.47. The van der Waals surface area contributed by atoms with Crippen molar-refractivity contribution in [3.05, 3.63) is 35.9 Å². The van der Waals surface area contributed by atoms with Crippen molar-refractivity contribution >= 4 is 11.8 Å². The highest BCUT2D eigenvalue weighted by molar-refractivity contribution is 5.99. The Morgan fingerprint density at radius 1 is 1.18 bits per heavy atom. The summed E-state index contributed by atoms with van der Waals surface area (Å²) in [5.41, 5.74) is 0.423. The van der Waals surface area contributed by atoms with E-state index in [9.17, 15) is 9.59 Å². The normalized spacial score (nSPS) is 11.2. The maximum absolute atomic E-state index is 11.9. The van der Waals surface area contributed by atoms with Crippen LogP contribution in [0.15, 0.2) is 30.3 Å². The van der Waals surface area contributed by atoms with Gasteiger partial charge in [0.05, 0.1) is 6.42 Å². The molecule has 1 N–H and O–H groups in total. The molecular weight excluding hydrogens is 224 g/mol. The summed E-state index contributed by atoms with van der Waals surface area (Å²) < 4.78 is 9.60. The summed E-state index contributed by atoms with van der Waals surface area (Å²) in [4.78, 5) is 22.9. The highest BCUT2D eigenvalue weighted by Crippen LogP contribution is 2.19. The van der Waals surface area contributed by atoms with Gasteiger partial charge in [-0.3, -0.25) is 4.79 Å². The molecule has 5 heteroatoms. The average molecular weight is 238 g/mol. The second-order valence-electron chi connectivity index (χ2n) is 3.43. The molecular formula is C12H14O5. The summed E-state index contributed by atoms with van der Waals surface area (Å²) in [7, 11) is 2.38. The molecule has 1 aromatic rings. The van der Waals surface area contributed by atoms with Crippen molar-refractivity contribution in [2.75, 3.05) is 14.2 Å². The number of benzene rings is 1. The van der Waals surface area contributed by atoms with E-state index in [0.29, 0.717) is 5.56 Å². The van der Waals surface area contributed by atoms with E-state index in [4.69, 9.17) is 14.6 Å². The molecule has 0 aliphatic carbocycles. The summed E-state index contributed by atoms with van der Waals surface area (Å²) in [5.74, 6) is -3.60. The van der Waals surface area contributed by atoms with Gasteiger partial charge in [-0.25, -0.2) is 4.79 Å². The third-order valence-electron chi connectivity index (χ3n) is 2.47. The van der Waals surface area contributed by atoms with Crippen LogP contribution in [0.5, 0.6) is 0 Å². The minimum absolute atomic E-state index is 0.350. The maximum atomic E-state index is 11.9. The Bertz CT molecular complexity index is 395. The van der Waals surface area contributed by atoms with Crippen LogP contribution in [0.2, 0.25) is 0 Å². The van der Waals surface area contributed by atoms with Crippen molar-refractivity contribution in [3.63, 3.8) is 0 Å². The number of methoxy groups -OCH3 is 2. The minimum atomic E-state index is -1.92. The fourth-order valence-corrected chi connectivity index (χ4v) is 1.42. The van der Waals surface area contributed by atoms with Crippen LogP contribution in [-0.2, 0) is 14.3 Å².